The number of hydrogen-bond donors (Lipinski definition) is 2. The summed E-state index contributed by atoms with van der Waals surface area (Å²) in [4.78, 5) is 0. The number of aromatic hydroxyl groups is 1. The van der Waals surface area contributed by atoms with Gasteiger partial charge >= 0.3 is 0 Å². The van der Waals surface area contributed by atoms with Crippen LogP contribution in [0.15, 0.2) is 18.2 Å². The first-order chi connectivity index (χ1) is 8.17. The molecule has 0 saturated heterocycles. The van der Waals surface area contributed by atoms with Crippen molar-refractivity contribution in [2.75, 3.05) is 19.9 Å². The van der Waals surface area contributed by atoms with E-state index in [0.717, 1.165) is 25.1 Å². The van der Waals surface area contributed by atoms with Gasteiger partial charge in [0.15, 0.2) is 11.5 Å². The van der Waals surface area contributed by atoms with Crippen LogP contribution in [-0.4, -0.2) is 30.3 Å². The van der Waals surface area contributed by atoms with E-state index in [1.54, 1.807) is 19.2 Å². The molecule has 1 atom stereocenters. The topological polar surface area (TPSA) is 41.5 Å². The number of ether oxygens (including phenoxy) is 1. The Morgan fingerprint density at radius 2 is 2.24 bits per heavy atom. The van der Waals surface area contributed by atoms with Gasteiger partial charge in [-0.25, -0.2) is 0 Å². The summed E-state index contributed by atoms with van der Waals surface area (Å²) < 4.78 is 5.00. The highest BCUT2D eigenvalue weighted by molar-refractivity contribution is 7.99. The minimum atomic E-state index is 0.198. The van der Waals surface area contributed by atoms with Crippen LogP contribution >= 0.6 is 11.8 Å². The Bertz CT molecular complexity index is 344. The van der Waals surface area contributed by atoms with Crippen LogP contribution in [0.4, 0.5) is 0 Å². The number of phenolic OH excluding ortho intramolecular Hbond substituents is 1. The molecule has 96 valence electrons. The van der Waals surface area contributed by atoms with E-state index < -0.39 is 0 Å². The fraction of sp³-hybridized carbons (Fsp3) is 0.538. The number of rotatable bonds is 7. The number of benzene rings is 1. The molecular formula is C13H21NO2S. The molecule has 2 N–H and O–H groups in total. The van der Waals surface area contributed by atoms with E-state index >= 15 is 0 Å². The fourth-order valence-corrected chi connectivity index (χ4v) is 1.85. The minimum absolute atomic E-state index is 0.198. The van der Waals surface area contributed by atoms with Crippen LogP contribution in [0.25, 0.3) is 0 Å². The summed E-state index contributed by atoms with van der Waals surface area (Å²) in [6.45, 7) is 4.00. The van der Waals surface area contributed by atoms with E-state index in [4.69, 9.17) is 4.74 Å². The van der Waals surface area contributed by atoms with Gasteiger partial charge in [0.1, 0.15) is 0 Å². The SMILES string of the molecule is COc1ccc(CNCCC(C)SC)cc1O. The van der Waals surface area contributed by atoms with E-state index in [1.165, 1.54) is 0 Å². The second-order valence-electron chi connectivity index (χ2n) is 4.02. The van der Waals surface area contributed by atoms with Crippen molar-refractivity contribution in [2.45, 2.75) is 25.1 Å². The Labute approximate surface area is 108 Å². The van der Waals surface area contributed by atoms with Gasteiger partial charge in [-0.2, -0.15) is 11.8 Å². The third-order valence-electron chi connectivity index (χ3n) is 2.70. The van der Waals surface area contributed by atoms with Crippen LogP contribution in [0.3, 0.4) is 0 Å². The number of phenols is 1. The Morgan fingerprint density at radius 1 is 1.47 bits per heavy atom. The summed E-state index contributed by atoms with van der Waals surface area (Å²) in [5.41, 5.74) is 1.07. The highest BCUT2D eigenvalue weighted by Crippen LogP contribution is 2.26. The van der Waals surface area contributed by atoms with Crippen LogP contribution in [0, 0.1) is 0 Å². The van der Waals surface area contributed by atoms with E-state index in [2.05, 4.69) is 18.5 Å². The lowest BCUT2D eigenvalue weighted by atomic mass is 10.2. The maximum absolute atomic E-state index is 9.62. The summed E-state index contributed by atoms with van der Waals surface area (Å²) in [6, 6.07) is 5.49. The lowest BCUT2D eigenvalue weighted by Crippen LogP contribution is -2.17. The number of hydrogen-bond acceptors (Lipinski definition) is 4. The predicted molar refractivity (Wildman–Crippen MR) is 74.0 cm³/mol. The zero-order valence-electron chi connectivity index (χ0n) is 10.7. The Hall–Kier alpha value is -0.870. The standard InChI is InChI=1S/C13H21NO2S/c1-10(17-3)6-7-14-9-11-4-5-13(16-2)12(15)8-11/h4-5,8,10,14-15H,6-7,9H2,1-3H3. The molecule has 1 aromatic rings. The molecule has 0 aromatic heterocycles. The van der Waals surface area contributed by atoms with Crippen molar-refractivity contribution in [1.82, 2.24) is 5.32 Å². The van der Waals surface area contributed by atoms with Gasteiger partial charge in [-0.05, 0) is 36.9 Å². The highest BCUT2D eigenvalue weighted by Gasteiger charge is 2.02. The van der Waals surface area contributed by atoms with Crippen LogP contribution in [0.2, 0.25) is 0 Å². The first-order valence-electron chi connectivity index (χ1n) is 5.76. The van der Waals surface area contributed by atoms with Gasteiger partial charge in [0.25, 0.3) is 0 Å². The average molecular weight is 255 g/mol. The molecule has 1 aromatic carbocycles. The lowest BCUT2D eigenvalue weighted by Gasteiger charge is -2.10. The third-order valence-corrected chi connectivity index (χ3v) is 3.74. The van der Waals surface area contributed by atoms with Gasteiger partial charge in [-0.15, -0.1) is 0 Å². The molecule has 0 heterocycles. The summed E-state index contributed by atoms with van der Waals surface area (Å²) in [6.07, 6.45) is 3.29. The Kier molecular flexibility index (Phi) is 6.22. The summed E-state index contributed by atoms with van der Waals surface area (Å²) in [5, 5.41) is 13.7. The van der Waals surface area contributed by atoms with Crippen LogP contribution in [0.1, 0.15) is 18.9 Å². The quantitative estimate of drug-likeness (QED) is 0.735. The number of thioether (sulfide) groups is 1. The minimum Gasteiger partial charge on any atom is -0.504 e. The summed E-state index contributed by atoms with van der Waals surface area (Å²) >= 11 is 1.88. The van der Waals surface area contributed by atoms with Crippen molar-refractivity contribution >= 4 is 11.8 Å². The largest absolute Gasteiger partial charge is 0.504 e. The highest BCUT2D eigenvalue weighted by atomic mass is 32.2. The second kappa shape index (κ2) is 7.45. The normalized spacial score (nSPS) is 12.4. The van der Waals surface area contributed by atoms with Gasteiger partial charge in [0.05, 0.1) is 7.11 Å². The third kappa shape index (κ3) is 4.88. The number of nitrogens with one attached hydrogen (secondary N) is 1. The van der Waals surface area contributed by atoms with Crippen molar-refractivity contribution < 1.29 is 9.84 Å². The number of methoxy groups -OCH3 is 1. The average Bonchev–Trinajstić information content (AvgIpc) is 2.34. The van der Waals surface area contributed by atoms with Gasteiger partial charge in [0, 0.05) is 11.8 Å². The Balaban J connectivity index is 2.34. The van der Waals surface area contributed by atoms with Crippen molar-refractivity contribution in [2.24, 2.45) is 0 Å². The smallest absolute Gasteiger partial charge is 0.160 e. The molecule has 3 nitrogen and oxygen atoms in total. The van der Waals surface area contributed by atoms with Crippen molar-refractivity contribution in [3.63, 3.8) is 0 Å². The first-order valence-corrected chi connectivity index (χ1v) is 7.05. The molecule has 0 aliphatic carbocycles. The van der Waals surface area contributed by atoms with Crippen molar-refractivity contribution in [1.29, 1.82) is 0 Å². The fourth-order valence-electron chi connectivity index (χ4n) is 1.50. The molecule has 0 aliphatic heterocycles. The molecule has 4 heteroatoms. The van der Waals surface area contributed by atoms with E-state index in [9.17, 15) is 5.11 Å². The molecule has 0 aliphatic rings. The molecule has 1 rings (SSSR count). The maximum atomic E-state index is 9.62. The van der Waals surface area contributed by atoms with Crippen molar-refractivity contribution in [3.05, 3.63) is 23.8 Å². The first kappa shape index (κ1) is 14.2. The molecule has 0 fully saturated rings. The predicted octanol–water partition coefficient (Wildman–Crippen LogP) is 2.63. The van der Waals surface area contributed by atoms with E-state index in [-0.39, 0.29) is 5.75 Å². The molecule has 0 amide bonds. The molecule has 0 spiro atoms. The Morgan fingerprint density at radius 3 is 2.82 bits per heavy atom. The molecule has 1 unspecified atom stereocenters. The zero-order chi connectivity index (χ0) is 12.7. The van der Waals surface area contributed by atoms with Crippen molar-refractivity contribution in [3.8, 4) is 11.5 Å². The van der Waals surface area contributed by atoms with Crippen LogP contribution in [-0.2, 0) is 6.54 Å². The molecule has 17 heavy (non-hydrogen) atoms. The lowest BCUT2D eigenvalue weighted by molar-refractivity contribution is 0.373. The van der Waals surface area contributed by atoms with Gasteiger partial charge in [-0.3, -0.25) is 0 Å². The summed E-state index contributed by atoms with van der Waals surface area (Å²) in [5.74, 6) is 0.717. The van der Waals surface area contributed by atoms with Gasteiger partial charge in [0.2, 0.25) is 0 Å². The van der Waals surface area contributed by atoms with E-state index in [1.807, 2.05) is 17.8 Å². The summed E-state index contributed by atoms with van der Waals surface area (Å²) in [7, 11) is 1.55. The molecule has 0 radical (unpaired) electrons. The maximum Gasteiger partial charge on any atom is 0.160 e. The van der Waals surface area contributed by atoms with Gasteiger partial charge < -0.3 is 15.2 Å². The van der Waals surface area contributed by atoms with Crippen LogP contribution in [0.5, 0.6) is 11.5 Å². The van der Waals surface area contributed by atoms with E-state index in [0.29, 0.717) is 11.0 Å². The molecule has 0 saturated carbocycles. The monoisotopic (exact) mass is 255 g/mol. The molecule has 0 bridgehead atoms. The second-order valence-corrected chi connectivity index (χ2v) is 5.29. The molecular weight excluding hydrogens is 234 g/mol. The zero-order valence-corrected chi connectivity index (χ0v) is 11.5. The van der Waals surface area contributed by atoms with Gasteiger partial charge in [-0.1, -0.05) is 13.0 Å². The van der Waals surface area contributed by atoms with Crippen LogP contribution < -0.4 is 10.1 Å².